The molecule has 6 nitrogen and oxygen atoms in total. The number of ether oxygens (including phenoxy) is 3. The molecular formula is C26H36N2O4S. The second kappa shape index (κ2) is 11.9. The van der Waals surface area contributed by atoms with Gasteiger partial charge in [0, 0.05) is 12.5 Å². The maximum Gasteiger partial charge on any atom is 0.311 e. The number of nitrogen functional groups attached to an aromatic ring is 1. The van der Waals surface area contributed by atoms with Crippen molar-refractivity contribution in [2.24, 2.45) is 11.3 Å². The van der Waals surface area contributed by atoms with Gasteiger partial charge in [0.1, 0.15) is 12.4 Å². The van der Waals surface area contributed by atoms with Crippen LogP contribution >= 0.6 is 12.2 Å². The van der Waals surface area contributed by atoms with Gasteiger partial charge < -0.3 is 25.3 Å². The average molecular weight is 473 g/mol. The van der Waals surface area contributed by atoms with Crippen LogP contribution in [0, 0.1) is 25.2 Å². The Balaban J connectivity index is 1.96. The number of esters is 1. The lowest BCUT2D eigenvalue weighted by Crippen LogP contribution is -2.34. The first-order valence-corrected chi connectivity index (χ1v) is 11.5. The first-order chi connectivity index (χ1) is 15.5. The molecule has 2 aromatic rings. The van der Waals surface area contributed by atoms with E-state index in [1.54, 1.807) is 13.2 Å². The molecule has 0 aliphatic carbocycles. The Morgan fingerprint density at radius 3 is 2.39 bits per heavy atom. The van der Waals surface area contributed by atoms with Gasteiger partial charge >= 0.3 is 5.97 Å². The molecule has 0 aliphatic rings. The lowest BCUT2D eigenvalue weighted by atomic mass is 9.96. The number of rotatable bonds is 9. The standard InChI is InChI=1S/C26H36N2O4S/c1-17-7-8-19(11-18(17)2)12-21(16-31-24(29)26(3,4)5)14-28-25(33)32-15-20-9-10-22(27)23(13-20)30-6/h7-11,13,21H,12,14-16,27H2,1-6H3,(H,28,33). The first-order valence-electron chi connectivity index (χ1n) is 11.1. The molecule has 2 aromatic carbocycles. The number of hydrogen-bond donors (Lipinski definition) is 2. The van der Waals surface area contributed by atoms with E-state index < -0.39 is 5.41 Å². The molecule has 33 heavy (non-hydrogen) atoms. The number of aryl methyl sites for hydroxylation is 2. The van der Waals surface area contributed by atoms with Crippen molar-refractivity contribution in [1.82, 2.24) is 5.32 Å². The predicted molar refractivity (Wildman–Crippen MR) is 136 cm³/mol. The molecule has 7 heteroatoms. The second-order valence-corrected chi connectivity index (χ2v) is 9.74. The van der Waals surface area contributed by atoms with E-state index in [-0.39, 0.29) is 17.1 Å². The van der Waals surface area contributed by atoms with Crippen LogP contribution in [0.1, 0.15) is 43.0 Å². The molecule has 0 bridgehead atoms. The molecule has 0 aromatic heterocycles. The van der Waals surface area contributed by atoms with E-state index in [0.29, 0.717) is 31.2 Å². The minimum absolute atomic E-state index is 0.0385. The third-order valence-electron chi connectivity index (χ3n) is 5.36. The van der Waals surface area contributed by atoms with Crippen LogP contribution in [0.3, 0.4) is 0 Å². The summed E-state index contributed by atoms with van der Waals surface area (Å²) in [4.78, 5) is 12.3. The molecule has 180 valence electrons. The largest absolute Gasteiger partial charge is 0.495 e. The van der Waals surface area contributed by atoms with Crippen LogP contribution in [0.5, 0.6) is 5.75 Å². The van der Waals surface area contributed by atoms with E-state index in [1.165, 1.54) is 16.7 Å². The Morgan fingerprint density at radius 1 is 1.06 bits per heavy atom. The van der Waals surface area contributed by atoms with Crippen molar-refractivity contribution in [2.45, 2.75) is 47.6 Å². The van der Waals surface area contributed by atoms with Crippen molar-refractivity contribution in [2.75, 3.05) is 26.0 Å². The third-order valence-corrected chi connectivity index (χ3v) is 5.62. The number of hydrogen-bond acceptors (Lipinski definition) is 6. The molecule has 0 radical (unpaired) electrons. The van der Waals surface area contributed by atoms with Crippen LogP contribution in [0.4, 0.5) is 5.69 Å². The number of thiocarbonyl (C=S) groups is 1. The van der Waals surface area contributed by atoms with E-state index in [2.05, 4.69) is 37.4 Å². The van der Waals surface area contributed by atoms with Crippen molar-refractivity contribution in [3.63, 3.8) is 0 Å². The smallest absolute Gasteiger partial charge is 0.311 e. The number of methoxy groups -OCH3 is 1. The van der Waals surface area contributed by atoms with Crippen LogP contribution in [-0.2, 0) is 27.3 Å². The summed E-state index contributed by atoms with van der Waals surface area (Å²) >= 11 is 5.36. The maximum atomic E-state index is 12.3. The Kier molecular flexibility index (Phi) is 9.53. The predicted octanol–water partition coefficient (Wildman–Crippen LogP) is 4.73. The SMILES string of the molecule is COc1cc(COC(=S)NCC(COC(=O)C(C)(C)C)Cc2ccc(C)c(C)c2)ccc1N. The lowest BCUT2D eigenvalue weighted by Gasteiger charge is -2.22. The number of carbonyl (C=O) groups excluding carboxylic acids is 1. The monoisotopic (exact) mass is 472 g/mol. The first kappa shape index (κ1) is 26.5. The molecule has 0 aliphatic heterocycles. The van der Waals surface area contributed by atoms with Crippen molar-refractivity contribution in [1.29, 1.82) is 0 Å². The van der Waals surface area contributed by atoms with E-state index in [1.807, 2.05) is 32.9 Å². The van der Waals surface area contributed by atoms with Crippen molar-refractivity contribution >= 4 is 29.0 Å². The normalized spacial score (nSPS) is 12.1. The Bertz CT molecular complexity index is 969. The molecule has 0 spiro atoms. The second-order valence-electron chi connectivity index (χ2n) is 9.37. The van der Waals surface area contributed by atoms with Gasteiger partial charge in [0.15, 0.2) is 0 Å². The molecule has 2 rings (SSSR count). The van der Waals surface area contributed by atoms with E-state index in [0.717, 1.165) is 12.0 Å². The molecule has 0 saturated heterocycles. The molecular weight excluding hydrogens is 436 g/mol. The van der Waals surface area contributed by atoms with Gasteiger partial charge in [-0.05, 0) is 87.6 Å². The highest BCUT2D eigenvalue weighted by Crippen LogP contribution is 2.22. The fraction of sp³-hybridized carbons (Fsp3) is 0.462. The summed E-state index contributed by atoms with van der Waals surface area (Å²) in [5.74, 6) is 0.421. The summed E-state index contributed by atoms with van der Waals surface area (Å²) in [7, 11) is 1.57. The van der Waals surface area contributed by atoms with Crippen molar-refractivity contribution in [3.05, 3.63) is 58.7 Å². The summed E-state index contributed by atoms with van der Waals surface area (Å²) in [6, 6.07) is 11.9. The van der Waals surface area contributed by atoms with Gasteiger partial charge in [-0.2, -0.15) is 0 Å². The van der Waals surface area contributed by atoms with Crippen LogP contribution in [0.15, 0.2) is 36.4 Å². The van der Waals surface area contributed by atoms with Gasteiger partial charge in [-0.3, -0.25) is 4.79 Å². The molecule has 3 N–H and O–H groups in total. The van der Waals surface area contributed by atoms with Gasteiger partial charge in [0.25, 0.3) is 5.17 Å². The Morgan fingerprint density at radius 2 is 1.76 bits per heavy atom. The van der Waals surface area contributed by atoms with Gasteiger partial charge in [0.2, 0.25) is 0 Å². The van der Waals surface area contributed by atoms with Crippen LogP contribution in [-0.4, -0.2) is 31.4 Å². The van der Waals surface area contributed by atoms with Gasteiger partial charge in [-0.25, -0.2) is 0 Å². The lowest BCUT2D eigenvalue weighted by molar-refractivity contribution is -0.154. The number of anilines is 1. The van der Waals surface area contributed by atoms with E-state index in [9.17, 15) is 4.79 Å². The Hall–Kier alpha value is -2.80. The molecule has 1 atom stereocenters. The molecule has 1 unspecified atom stereocenters. The summed E-state index contributed by atoms with van der Waals surface area (Å²) < 4.78 is 16.5. The summed E-state index contributed by atoms with van der Waals surface area (Å²) in [5, 5.41) is 3.45. The van der Waals surface area contributed by atoms with Gasteiger partial charge in [0.05, 0.1) is 24.8 Å². The Labute approximate surface area is 202 Å². The third kappa shape index (κ3) is 8.57. The zero-order valence-corrected chi connectivity index (χ0v) is 21.3. The highest BCUT2D eigenvalue weighted by Gasteiger charge is 2.24. The van der Waals surface area contributed by atoms with Gasteiger partial charge in [-0.1, -0.05) is 24.3 Å². The minimum Gasteiger partial charge on any atom is -0.495 e. The van der Waals surface area contributed by atoms with Crippen LogP contribution in [0.2, 0.25) is 0 Å². The highest BCUT2D eigenvalue weighted by molar-refractivity contribution is 7.80. The topological polar surface area (TPSA) is 82.8 Å². The molecule has 0 fully saturated rings. The van der Waals surface area contributed by atoms with Crippen molar-refractivity contribution in [3.8, 4) is 5.75 Å². The summed E-state index contributed by atoms with van der Waals surface area (Å²) in [6.07, 6.45) is 0.753. The summed E-state index contributed by atoms with van der Waals surface area (Å²) in [5.41, 5.74) is 10.5. The van der Waals surface area contributed by atoms with Crippen LogP contribution < -0.4 is 15.8 Å². The number of nitrogens with one attached hydrogen (secondary N) is 1. The number of benzene rings is 2. The van der Waals surface area contributed by atoms with Crippen molar-refractivity contribution < 1.29 is 19.0 Å². The zero-order valence-electron chi connectivity index (χ0n) is 20.5. The van der Waals surface area contributed by atoms with Gasteiger partial charge in [-0.15, -0.1) is 0 Å². The highest BCUT2D eigenvalue weighted by atomic mass is 32.1. The van der Waals surface area contributed by atoms with Crippen LogP contribution in [0.25, 0.3) is 0 Å². The maximum absolute atomic E-state index is 12.3. The minimum atomic E-state index is -0.545. The molecule has 0 saturated carbocycles. The quantitative estimate of drug-likeness (QED) is 0.310. The molecule has 0 amide bonds. The van der Waals surface area contributed by atoms with E-state index in [4.69, 9.17) is 32.2 Å². The fourth-order valence-corrected chi connectivity index (χ4v) is 3.28. The zero-order chi connectivity index (χ0) is 24.6. The average Bonchev–Trinajstić information content (AvgIpc) is 2.76. The fourth-order valence-electron chi connectivity index (χ4n) is 3.14. The van der Waals surface area contributed by atoms with E-state index >= 15 is 0 Å². The number of carbonyl (C=O) groups is 1. The summed E-state index contributed by atoms with van der Waals surface area (Å²) in [6.45, 7) is 10.9. The molecule has 0 heterocycles. The number of nitrogens with two attached hydrogens (primary N) is 1.